The number of nitriles is 1. The minimum atomic E-state index is 0.416. The first-order chi connectivity index (χ1) is 19.8. The molecule has 0 aliphatic carbocycles. The molecule has 0 spiro atoms. The van der Waals surface area contributed by atoms with E-state index in [2.05, 4.69) is 148 Å². The summed E-state index contributed by atoms with van der Waals surface area (Å²) in [6.07, 6.45) is 1.68. The van der Waals surface area contributed by atoms with Crippen LogP contribution in [0, 0.1) is 11.3 Å². The molecule has 0 fully saturated rings. The van der Waals surface area contributed by atoms with Gasteiger partial charge in [0.1, 0.15) is 11.8 Å². The van der Waals surface area contributed by atoms with Crippen LogP contribution in [0.15, 0.2) is 146 Å². The van der Waals surface area contributed by atoms with E-state index in [1.165, 1.54) is 0 Å². The number of benzene rings is 5. The van der Waals surface area contributed by atoms with E-state index in [-0.39, 0.29) is 0 Å². The zero-order chi connectivity index (χ0) is 26.9. The lowest BCUT2D eigenvalue weighted by molar-refractivity contribution is 1.17. The van der Waals surface area contributed by atoms with E-state index < -0.39 is 0 Å². The number of rotatable bonds is 4. The number of nitrogens with zero attached hydrogens (tertiary/aromatic N) is 4. The number of fused-ring (bicyclic) bond motifs is 2. The van der Waals surface area contributed by atoms with Gasteiger partial charge in [-0.25, -0.2) is 4.98 Å². The van der Waals surface area contributed by atoms with Crippen LogP contribution in [0.5, 0.6) is 0 Å². The molecule has 1 aliphatic rings. The molecule has 0 radical (unpaired) electrons. The summed E-state index contributed by atoms with van der Waals surface area (Å²) in [6.45, 7) is 0. The summed E-state index contributed by atoms with van der Waals surface area (Å²) in [5, 5.41) is 9.26. The number of hydrogen-bond acceptors (Lipinski definition) is 4. The lowest BCUT2D eigenvalue weighted by atomic mass is 9.97. The van der Waals surface area contributed by atoms with Gasteiger partial charge in [-0.1, -0.05) is 84.9 Å². The Morgan fingerprint density at radius 3 is 1.62 bits per heavy atom. The molecule has 0 N–H and O–H groups in total. The second-order valence-corrected chi connectivity index (χ2v) is 9.62. The highest BCUT2D eigenvalue weighted by Crippen LogP contribution is 2.55. The number of pyridine rings is 1. The molecule has 0 bridgehead atoms. The second kappa shape index (κ2) is 9.90. The molecule has 1 aromatic heterocycles. The highest BCUT2D eigenvalue weighted by molar-refractivity contribution is 6.03. The average molecular weight is 513 g/mol. The number of para-hydroxylation sites is 6. The van der Waals surface area contributed by atoms with Crippen LogP contribution in [0.1, 0.15) is 5.69 Å². The maximum Gasteiger partial charge on any atom is 0.141 e. The third-order valence-electron chi connectivity index (χ3n) is 7.29. The minimum absolute atomic E-state index is 0.416. The zero-order valence-corrected chi connectivity index (χ0v) is 21.6. The van der Waals surface area contributed by atoms with Crippen molar-refractivity contribution in [3.8, 4) is 28.3 Å². The Labute approximate surface area is 233 Å². The van der Waals surface area contributed by atoms with Crippen LogP contribution in [-0.4, -0.2) is 4.98 Å². The fourth-order valence-corrected chi connectivity index (χ4v) is 5.49. The fraction of sp³-hybridized carbons (Fsp3) is 0. The first kappa shape index (κ1) is 23.5. The van der Waals surface area contributed by atoms with Crippen LogP contribution in [0.25, 0.3) is 22.3 Å². The van der Waals surface area contributed by atoms with Crippen molar-refractivity contribution in [1.29, 1.82) is 5.26 Å². The number of aromatic nitrogens is 1. The molecule has 1 aliphatic heterocycles. The van der Waals surface area contributed by atoms with Gasteiger partial charge in [0.25, 0.3) is 0 Å². The quantitative estimate of drug-likeness (QED) is 0.235. The molecule has 4 heteroatoms. The Hall–Kier alpha value is -5.66. The molecule has 2 heterocycles. The molecule has 0 amide bonds. The maximum atomic E-state index is 9.26. The van der Waals surface area contributed by atoms with E-state index >= 15 is 0 Å². The SMILES string of the molecule is N#Cc1cc(-c2ccc(-c3ccccc3N3c4ccccc4N(c4ccccc4)c4ccccc43)cc2)ccn1. The maximum absolute atomic E-state index is 9.26. The van der Waals surface area contributed by atoms with Crippen molar-refractivity contribution >= 4 is 34.1 Å². The second-order valence-electron chi connectivity index (χ2n) is 9.62. The van der Waals surface area contributed by atoms with Crippen molar-refractivity contribution < 1.29 is 0 Å². The molecule has 4 nitrogen and oxygen atoms in total. The molecule has 7 rings (SSSR count). The van der Waals surface area contributed by atoms with Gasteiger partial charge in [0.15, 0.2) is 0 Å². The van der Waals surface area contributed by atoms with Gasteiger partial charge < -0.3 is 9.80 Å². The smallest absolute Gasteiger partial charge is 0.141 e. The van der Waals surface area contributed by atoms with E-state index in [9.17, 15) is 5.26 Å². The van der Waals surface area contributed by atoms with Gasteiger partial charge in [-0.05, 0) is 71.3 Å². The Kier molecular flexibility index (Phi) is 5.81. The molecule has 0 unspecified atom stereocenters. The van der Waals surface area contributed by atoms with Gasteiger partial charge in [0.05, 0.1) is 28.4 Å². The number of anilines is 6. The average Bonchev–Trinajstić information content (AvgIpc) is 3.04. The van der Waals surface area contributed by atoms with Crippen LogP contribution in [-0.2, 0) is 0 Å². The Morgan fingerprint density at radius 1 is 0.475 bits per heavy atom. The molecule has 5 aromatic carbocycles. The predicted octanol–water partition coefficient (Wildman–Crippen LogP) is 9.54. The van der Waals surface area contributed by atoms with Gasteiger partial charge in [-0.2, -0.15) is 5.26 Å². The van der Waals surface area contributed by atoms with Crippen molar-refractivity contribution in [3.05, 3.63) is 151 Å². The van der Waals surface area contributed by atoms with E-state index in [1.54, 1.807) is 6.20 Å². The highest BCUT2D eigenvalue weighted by Gasteiger charge is 2.31. The Bertz CT molecular complexity index is 1820. The van der Waals surface area contributed by atoms with Gasteiger partial charge in [-0.3, -0.25) is 0 Å². The predicted molar refractivity (Wildman–Crippen MR) is 163 cm³/mol. The zero-order valence-electron chi connectivity index (χ0n) is 21.6. The van der Waals surface area contributed by atoms with Crippen molar-refractivity contribution in [2.24, 2.45) is 0 Å². The van der Waals surface area contributed by atoms with Gasteiger partial charge in [0.2, 0.25) is 0 Å². The summed E-state index contributed by atoms with van der Waals surface area (Å²) in [5.74, 6) is 0. The monoisotopic (exact) mass is 512 g/mol. The standard InChI is InChI=1S/C36H24N4/c37-25-29-24-28(22-23-38-29)26-18-20-27(21-19-26)31-12-4-5-13-32(31)40-35-16-8-6-14-33(35)39(30-10-2-1-3-11-30)34-15-7-9-17-36(34)40/h1-24H. The van der Waals surface area contributed by atoms with E-state index in [1.807, 2.05) is 12.1 Å². The van der Waals surface area contributed by atoms with Crippen LogP contribution in [0.3, 0.4) is 0 Å². The lowest BCUT2D eigenvalue weighted by Gasteiger charge is -2.40. The number of hydrogen-bond donors (Lipinski definition) is 0. The fourth-order valence-electron chi connectivity index (χ4n) is 5.49. The summed E-state index contributed by atoms with van der Waals surface area (Å²) < 4.78 is 0. The van der Waals surface area contributed by atoms with Crippen molar-refractivity contribution in [1.82, 2.24) is 4.98 Å². The molecule has 0 atom stereocenters. The first-order valence-corrected chi connectivity index (χ1v) is 13.2. The summed E-state index contributed by atoms with van der Waals surface area (Å²) in [6, 6.07) is 50.7. The molecule has 0 saturated heterocycles. The molecule has 188 valence electrons. The summed E-state index contributed by atoms with van der Waals surface area (Å²) in [4.78, 5) is 8.81. The minimum Gasteiger partial charge on any atom is -0.306 e. The van der Waals surface area contributed by atoms with Gasteiger partial charge in [-0.15, -0.1) is 0 Å². The van der Waals surface area contributed by atoms with Crippen LogP contribution in [0.4, 0.5) is 34.1 Å². The topological polar surface area (TPSA) is 43.2 Å². The Balaban J connectivity index is 1.37. The van der Waals surface area contributed by atoms with Gasteiger partial charge >= 0.3 is 0 Å². The molecule has 6 aromatic rings. The van der Waals surface area contributed by atoms with Crippen molar-refractivity contribution in [2.45, 2.75) is 0 Å². The lowest BCUT2D eigenvalue weighted by Crippen LogP contribution is -2.24. The Morgan fingerprint density at radius 2 is 1.00 bits per heavy atom. The van der Waals surface area contributed by atoms with Crippen LogP contribution >= 0.6 is 0 Å². The summed E-state index contributed by atoms with van der Waals surface area (Å²) in [5.41, 5.74) is 11.4. The van der Waals surface area contributed by atoms with Crippen LogP contribution < -0.4 is 9.80 Å². The largest absolute Gasteiger partial charge is 0.306 e. The summed E-state index contributed by atoms with van der Waals surface area (Å²) in [7, 11) is 0. The third kappa shape index (κ3) is 3.98. The molecular formula is C36H24N4. The third-order valence-corrected chi connectivity index (χ3v) is 7.29. The van der Waals surface area contributed by atoms with Gasteiger partial charge in [0, 0.05) is 17.4 Å². The van der Waals surface area contributed by atoms with E-state index in [4.69, 9.17) is 0 Å². The van der Waals surface area contributed by atoms with Crippen LogP contribution in [0.2, 0.25) is 0 Å². The van der Waals surface area contributed by atoms with E-state index in [0.29, 0.717) is 5.69 Å². The molecule has 40 heavy (non-hydrogen) atoms. The van der Waals surface area contributed by atoms with Crippen molar-refractivity contribution in [3.63, 3.8) is 0 Å². The molecular weight excluding hydrogens is 488 g/mol. The first-order valence-electron chi connectivity index (χ1n) is 13.2. The normalized spacial score (nSPS) is 11.9. The van der Waals surface area contributed by atoms with Crippen molar-refractivity contribution in [2.75, 3.05) is 9.80 Å². The summed E-state index contributed by atoms with van der Waals surface area (Å²) >= 11 is 0. The van der Waals surface area contributed by atoms with E-state index in [0.717, 1.165) is 56.4 Å². The highest BCUT2D eigenvalue weighted by atomic mass is 15.3. The molecule has 0 saturated carbocycles.